The van der Waals surface area contributed by atoms with Crippen LogP contribution in [-0.2, 0) is 0 Å². The van der Waals surface area contributed by atoms with E-state index < -0.39 is 5.91 Å². The molecule has 2 aromatic heterocycles. The number of rotatable bonds is 6. The van der Waals surface area contributed by atoms with Crippen LogP contribution >= 0.6 is 34.3 Å². The number of carbonyl (C=O) groups is 2. The summed E-state index contributed by atoms with van der Waals surface area (Å²) in [5.41, 5.74) is 4.26. The van der Waals surface area contributed by atoms with E-state index in [1.54, 1.807) is 36.6 Å². The predicted octanol–water partition coefficient (Wildman–Crippen LogP) is 5.13. The summed E-state index contributed by atoms with van der Waals surface area (Å²) in [6.07, 6.45) is 0. The minimum Gasteiger partial charge on any atom is -0.506 e. The Morgan fingerprint density at radius 2 is 1.83 bits per heavy atom. The van der Waals surface area contributed by atoms with Crippen LogP contribution in [0, 0.1) is 0 Å². The highest BCUT2D eigenvalue weighted by Gasteiger charge is 2.17. The van der Waals surface area contributed by atoms with Crippen molar-refractivity contribution < 1.29 is 14.7 Å². The first kappa shape index (κ1) is 22.0. The Bertz CT molecular complexity index is 1120. The number of halogens is 1. The van der Waals surface area contributed by atoms with E-state index >= 15 is 0 Å². The van der Waals surface area contributed by atoms with Gasteiger partial charge in [0.25, 0.3) is 11.8 Å². The lowest BCUT2D eigenvalue weighted by Crippen LogP contribution is -2.29. The third-order valence-electron chi connectivity index (χ3n) is 4.04. The Labute approximate surface area is 187 Å². The Morgan fingerprint density at radius 3 is 2.50 bits per heavy atom. The molecule has 3 rings (SSSR count). The minimum atomic E-state index is -0.423. The van der Waals surface area contributed by atoms with Gasteiger partial charge < -0.3 is 10.4 Å². The van der Waals surface area contributed by atoms with E-state index in [0.717, 1.165) is 16.9 Å². The van der Waals surface area contributed by atoms with Crippen molar-refractivity contribution in [2.75, 3.05) is 0 Å². The molecule has 9 heteroatoms. The number of hydrazone groups is 1. The van der Waals surface area contributed by atoms with Crippen LogP contribution in [0.15, 0.2) is 46.9 Å². The van der Waals surface area contributed by atoms with Crippen molar-refractivity contribution in [3.8, 4) is 16.2 Å². The maximum absolute atomic E-state index is 12.4. The van der Waals surface area contributed by atoms with Crippen LogP contribution in [0.5, 0.6) is 5.75 Å². The lowest BCUT2D eigenvalue weighted by molar-refractivity contribution is 0.0944. The average molecular weight is 462 g/mol. The molecule has 0 saturated carbocycles. The van der Waals surface area contributed by atoms with E-state index in [4.69, 9.17) is 11.6 Å². The van der Waals surface area contributed by atoms with E-state index in [1.165, 1.54) is 11.3 Å². The second-order valence-corrected chi connectivity index (χ2v) is 9.17. The summed E-state index contributed by atoms with van der Waals surface area (Å²) in [7, 11) is 0. The number of carbonyl (C=O) groups excluding carboxylic acids is 2. The molecule has 0 atom stereocenters. The van der Waals surface area contributed by atoms with Gasteiger partial charge in [0.15, 0.2) is 0 Å². The van der Waals surface area contributed by atoms with Crippen LogP contribution < -0.4 is 10.7 Å². The molecule has 0 fully saturated rings. The summed E-state index contributed by atoms with van der Waals surface area (Å²) in [6.45, 7) is 5.43. The van der Waals surface area contributed by atoms with Gasteiger partial charge in [-0.2, -0.15) is 5.10 Å². The number of nitrogens with one attached hydrogen (secondary N) is 2. The summed E-state index contributed by atoms with van der Waals surface area (Å²) in [6, 6.07) is 10.4. The van der Waals surface area contributed by atoms with Gasteiger partial charge >= 0.3 is 0 Å². The van der Waals surface area contributed by atoms with Crippen LogP contribution in [0.25, 0.3) is 10.4 Å². The standard InChI is InChI=1S/C21H20ClN3O3S2/c1-11(2)23-20(27)16-7-8-17(30-16)21(28)25-24-12(3)15-10-29-19(18(15)26)13-5-4-6-14(22)9-13/h4-11,26H,1-3H3,(H,23,27)(H,25,28)/b24-12+. The number of nitrogens with zero attached hydrogens (tertiary/aromatic N) is 1. The van der Waals surface area contributed by atoms with Crippen molar-refractivity contribution in [3.63, 3.8) is 0 Å². The fraction of sp³-hybridized carbons (Fsp3) is 0.190. The van der Waals surface area contributed by atoms with E-state index in [2.05, 4.69) is 15.8 Å². The molecule has 6 nitrogen and oxygen atoms in total. The summed E-state index contributed by atoms with van der Waals surface area (Å²) >= 11 is 8.49. The van der Waals surface area contributed by atoms with E-state index in [0.29, 0.717) is 30.9 Å². The molecule has 1 aromatic carbocycles. The van der Waals surface area contributed by atoms with Gasteiger partial charge in [-0.15, -0.1) is 22.7 Å². The van der Waals surface area contributed by atoms with Gasteiger partial charge in [-0.05, 0) is 50.6 Å². The summed E-state index contributed by atoms with van der Waals surface area (Å²) in [4.78, 5) is 25.9. The molecule has 0 aliphatic heterocycles. The van der Waals surface area contributed by atoms with Crippen LogP contribution in [0.4, 0.5) is 0 Å². The smallest absolute Gasteiger partial charge is 0.281 e. The minimum absolute atomic E-state index is 0.0132. The Morgan fingerprint density at radius 1 is 1.13 bits per heavy atom. The number of aromatic hydroxyl groups is 1. The van der Waals surface area contributed by atoms with Gasteiger partial charge in [0.1, 0.15) is 5.75 Å². The SMILES string of the molecule is C/C(=N\NC(=O)c1ccc(C(=O)NC(C)C)s1)c1csc(-c2cccc(Cl)c2)c1O. The molecule has 3 aromatic rings. The summed E-state index contributed by atoms with van der Waals surface area (Å²) in [5, 5.41) is 19.8. The number of amides is 2. The van der Waals surface area contributed by atoms with Crippen LogP contribution in [0.2, 0.25) is 5.02 Å². The maximum Gasteiger partial charge on any atom is 0.281 e. The number of benzene rings is 1. The van der Waals surface area contributed by atoms with Crippen molar-refractivity contribution >= 4 is 51.8 Å². The first-order valence-electron chi connectivity index (χ1n) is 9.08. The topological polar surface area (TPSA) is 90.8 Å². The van der Waals surface area contributed by atoms with E-state index in [1.807, 2.05) is 26.0 Å². The zero-order chi connectivity index (χ0) is 21.8. The Kier molecular flexibility index (Phi) is 6.91. The van der Waals surface area contributed by atoms with Crippen molar-refractivity contribution in [1.29, 1.82) is 0 Å². The quantitative estimate of drug-likeness (QED) is 0.351. The van der Waals surface area contributed by atoms with Crippen molar-refractivity contribution in [3.05, 3.63) is 62.1 Å². The molecule has 0 radical (unpaired) electrons. The average Bonchev–Trinajstić information content (AvgIpc) is 3.32. The van der Waals surface area contributed by atoms with Crippen LogP contribution in [0.1, 0.15) is 45.7 Å². The normalized spacial score (nSPS) is 11.6. The maximum atomic E-state index is 12.4. The fourth-order valence-corrected chi connectivity index (χ4v) is 4.60. The molecule has 0 saturated heterocycles. The van der Waals surface area contributed by atoms with Gasteiger partial charge in [0.2, 0.25) is 0 Å². The Hall–Kier alpha value is -2.68. The van der Waals surface area contributed by atoms with Gasteiger partial charge in [0, 0.05) is 16.4 Å². The molecular weight excluding hydrogens is 442 g/mol. The van der Waals surface area contributed by atoms with Gasteiger partial charge in [-0.25, -0.2) is 5.43 Å². The summed E-state index contributed by atoms with van der Waals surface area (Å²) in [5.74, 6) is -0.556. The van der Waals surface area contributed by atoms with Crippen molar-refractivity contribution in [2.24, 2.45) is 5.10 Å². The molecule has 3 N–H and O–H groups in total. The highest BCUT2D eigenvalue weighted by molar-refractivity contribution is 7.16. The zero-order valence-electron chi connectivity index (χ0n) is 16.5. The first-order chi connectivity index (χ1) is 14.3. The highest BCUT2D eigenvalue weighted by Crippen LogP contribution is 2.39. The molecule has 0 spiro atoms. The molecular formula is C21H20ClN3O3S2. The number of thiophene rings is 2. The van der Waals surface area contributed by atoms with Gasteiger partial charge in [-0.1, -0.05) is 23.7 Å². The van der Waals surface area contributed by atoms with E-state index in [9.17, 15) is 14.7 Å². The number of hydrogen-bond acceptors (Lipinski definition) is 6. The fourth-order valence-electron chi connectivity index (χ4n) is 2.61. The highest BCUT2D eigenvalue weighted by atomic mass is 35.5. The lowest BCUT2D eigenvalue weighted by Gasteiger charge is -2.05. The molecule has 0 aliphatic rings. The molecule has 2 amide bonds. The van der Waals surface area contributed by atoms with Gasteiger partial charge in [-0.3, -0.25) is 9.59 Å². The Balaban J connectivity index is 1.72. The molecule has 0 aliphatic carbocycles. The molecule has 0 bridgehead atoms. The largest absolute Gasteiger partial charge is 0.506 e. The second-order valence-electron chi connectivity index (χ2n) is 6.77. The van der Waals surface area contributed by atoms with E-state index in [-0.39, 0.29) is 17.7 Å². The van der Waals surface area contributed by atoms with Gasteiger partial charge in [0.05, 0.1) is 25.9 Å². The predicted molar refractivity (Wildman–Crippen MR) is 123 cm³/mol. The first-order valence-corrected chi connectivity index (χ1v) is 11.2. The zero-order valence-corrected chi connectivity index (χ0v) is 18.9. The summed E-state index contributed by atoms with van der Waals surface area (Å²) < 4.78 is 0. The molecule has 30 heavy (non-hydrogen) atoms. The van der Waals surface area contributed by atoms with Crippen molar-refractivity contribution in [1.82, 2.24) is 10.7 Å². The number of hydrogen-bond donors (Lipinski definition) is 3. The molecule has 156 valence electrons. The third-order valence-corrected chi connectivity index (χ3v) is 6.38. The third kappa shape index (κ3) is 5.08. The molecule has 0 unspecified atom stereocenters. The van der Waals surface area contributed by atoms with Crippen LogP contribution in [0.3, 0.4) is 0 Å². The second kappa shape index (κ2) is 9.42. The lowest BCUT2D eigenvalue weighted by atomic mass is 10.1. The molecule has 2 heterocycles. The van der Waals surface area contributed by atoms with Crippen LogP contribution in [-0.4, -0.2) is 28.7 Å². The monoisotopic (exact) mass is 461 g/mol. The van der Waals surface area contributed by atoms with Crippen molar-refractivity contribution in [2.45, 2.75) is 26.8 Å².